The third-order valence-electron chi connectivity index (χ3n) is 3.71. The summed E-state index contributed by atoms with van der Waals surface area (Å²) in [5.41, 5.74) is 1.65. The number of aryl methyl sites for hydroxylation is 1. The highest BCUT2D eigenvalue weighted by Crippen LogP contribution is 2.16. The number of nitriles is 1. The van der Waals surface area contributed by atoms with E-state index >= 15 is 0 Å². The fourth-order valence-corrected chi connectivity index (χ4v) is 2.21. The van der Waals surface area contributed by atoms with Crippen molar-refractivity contribution in [3.63, 3.8) is 0 Å². The highest BCUT2D eigenvalue weighted by molar-refractivity contribution is 5.34. The van der Waals surface area contributed by atoms with Crippen LogP contribution in [0.25, 0.3) is 0 Å². The number of ether oxygens (including phenoxy) is 2. The zero-order valence-corrected chi connectivity index (χ0v) is 14.6. The molecule has 2 rings (SSSR count). The van der Waals surface area contributed by atoms with Crippen molar-refractivity contribution in [2.45, 2.75) is 26.0 Å². The highest BCUT2D eigenvalue weighted by atomic mass is 16.5. The number of hydrogen-bond donors (Lipinski definition) is 2. The van der Waals surface area contributed by atoms with Gasteiger partial charge in [-0.2, -0.15) is 5.26 Å². The molecule has 0 saturated heterocycles. The van der Waals surface area contributed by atoms with Gasteiger partial charge in [0.05, 0.1) is 11.6 Å². The SMILES string of the molecule is Cc1ccccc1OCC(O)CNC(C)COc1ccc(C#N)cc1. The molecule has 0 aliphatic rings. The Morgan fingerprint density at radius 3 is 2.48 bits per heavy atom. The van der Waals surface area contributed by atoms with Gasteiger partial charge in [0, 0.05) is 12.6 Å². The van der Waals surface area contributed by atoms with Crippen LogP contribution in [0.3, 0.4) is 0 Å². The fourth-order valence-electron chi connectivity index (χ4n) is 2.21. The second-order valence-electron chi connectivity index (χ2n) is 5.99. The Labute approximate surface area is 148 Å². The average molecular weight is 340 g/mol. The number of aliphatic hydroxyl groups excluding tert-OH is 1. The maximum absolute atomic E-state index is 10.0. The van der Waals surface area contributed by atoms with Gasteiger partial charge in [0.15, 0.2) is 0 Å². The zero-order chi connectivity index (χ0) is 18.1. The van der Waals surface area contributed by atoms with Gasteiger partial charge in [0.25, 0.3) is 0 Å². The van der Waals surface area contributed by atoms with Crippen LogP contribution in [0.15, 0.2) is 48.5 Å². The van der Waals surface area contributed by atoms with E-state index in [1.165, 1.54) is 0 Å². The third-order valence-corrected chi connectivity index (χ3v) is 3.71. The van der Waals surface area contributed by atoms with Gasteiger partial charge >= 0.3 is 0 Å². The first kappa shape index (κ1) is 18.8. The zero-order valence-electron chi connectivity index (χ0n) is 14.6. The second kappa shape index (κ2) is 9.67. The Bertz CT molecular complexity index is 695. The van der Waals surface area contributed by atoms with Crippen LogP contribution in [-0.4, -0.2) is 37.0 Å². The molecule has 5 nitrogen and oxygen atoms in total. The number of nitrogens with zero attached hydrogens (tertiary/aromatic N) is 1. The van der Waals surface area contributed by atoms with Gasteiger partial charge in [-0.25, -0.2) is 0 Å². The van der Waals surface area contributed by atoms with Crippen LogP contribution in [0, 0.1) is 18.3 Å². The van der Waals surface area contributed by atoms with Gasteiger partial charge in [-0.3, -0.25) is 0 Å². The molecule has 0 bridgehead atoms. The van der Waals surface area contributed by atoms with E-state index in [2.05, 4.69) is 11.4 Å². The van der Waals surface area contributed by atoms with Gasteiger partial charge < -0.3 is 19.9 Å². The molecule has 0 spiro atoms. The van der Waals surface area contributed by atoms with Gasteiger partial charge in [0.2, 0.25) is 0 Å². The van der Waals surface area contributed by atoms with E-state index in [1.807, 2.05) is 38.1 Å². The summed E-state index contributed by atoms with van der Waals surface area (Å²) in [6, 6.07) is 16.9. The molecule has 0 heterocycles. The van der Waals surface area contributed by atoms with Gasteiger partial charge in [-0.1, -0.05) is 18.2 Å². The van der Waals surface area contributed by atoms with Crippen LogP contribution in [-0.2, 0) is 0 Å². The van der Waals surface area contributed by atoms with Crippen molar-refractivity contribution >= 4 is 0 Å². The summed E-state index contributed by atoms with van der Waals surface area (Å²) in [6.45, 7) is 5.09. The molecule has 2 aromatic rings. The van der Waals surface area contributed by atoms with Crippen molar-refractivity contribution in [3.8, 4) is 17.6 Å². The largest absolute Gasteiger partial charge is 0.492 e. The molecule has 0 aromatic heterocycles. The maximum atomic E-state index is 10.0. The minimum Gasteiger partial charge on any atom is -0.492 e. The first-order chi connectivity index (χ1) is 12.1. The Kier molecular flexibility index (Phi) is 7.27. The molecule has 5 heteroatoms. The van der Waals surface area contributed by atoms with E-state index in [0.29, 0.717) is 18.7 Å². The number of para-hydroxylation sites is 1. The van der Waals surface area contributed by atoms with Crippen molar-refractivity contribution in [1.82, 2.24) is 5.32 Å². The molecule has 0 amide bonds. The molecule has 2 N–H and O–H groups in total. The molecule has 2 aromatic carbocycles. The van der Waals surface area contributed by atoms with Gasteiger partial charge in [-0.15, -0.1) is 0 Å². The number of hydrogen-bond acceptors (Lipinski definition) is 5. The monoisotopic (exact) mass is 340 g/mol. The van der Waals surface area contributed by atoms with E-state index in [9.17, 15) is 5.11 Å². The predicted octanol–water partition coefficient (Wildman–Crippen LogP) is 2.66. The van der Waals surface area contributed by atoms with Crippen molar-refractivity contribution in [2.75, 3.05) is 19.8 Å². The summed E-state index contributed by atoms with van der Waals surface area (Å²) < 4.78 is 11.3. The quantitative estimate of drug-likeness (QED) is 0.734. The molecular weight excluding hydrogens is 316 g/mol. The normalized spacial score (nSPS) is 12.9. The molecular formula is C20H24N2O3. The number of rotatable bonds is 9. The molecule has 0 saturated carbocycles. The smallest absolute Gasteiger partial charge is 0.122 e. The molecule has 0 fully saturated rings. The number of nitrogens with one attached hydrogen (secondary N) is 1. The molecule has 132 valence electrons. The minimum atomic E-state index is -0.600. The lowest BCUT2D eigenvalue weighted by Gasteiger charge is -2.18. The summed E-state index contributed by atoms with van der Waals surface area (Å²) in [7, 11) is 0. The van der Waals surface area contributed by atoms with E-state index in [-0.39, 0.29) is 12.6 Å². The van der Waals surface area contributed by atoms with E-state index in [0.717, 1.165) is 17.1 Å². The fraction of sp³-hybridized carbons (Fsp3) is 0.350. The summed E-state index contributed by atoms with van der Waals surface area (Å²) >= 11 is 0. The van der Waals surface area contributed by atoms with Crippen LogP contribution in [0.5, 0.6) is 11.5 Å². The van der Waals surface area contributed by atoms with Crippen LogP contribution in [0.2, 0.25) is 0 Å². The molecule has 0 aliphatic heterocycles. The lowest BCUT2D eigenvalue weighted by Crippen LogP contribution is -2.39. The Balaban J connectivity index is 1.66. The first-order valence-electron chi connectivity index (χ1n) is 8.31. The van der Waals surface area contributed by atoms with E-state index in [4.69, 9.17) is 14.7 Å². The van der Waals surface area contributed by atoms with Crippen LogP contribution in [0.4, 0.5) is 0 Å². The first-order valence-corrected chi connectivity index (χ1v) is 8.31. The highest BCUT2D eigenvalue weighted by Gasteiger charge is 2.09. The van der Waals surface area contributed by atoms with Crippen molar-refractivity contribution in [3.05, 3.63) is 59.7 Å². The summed E-state index contributed by atoms with van der Waals surface area (Å²) in [6.07, 6.45) is -0.600. The Hall–Kier alpha value is -2.55. The lowest BCUT2D eigenvalue weighted by molar-refractivity contribution is 0.101. The molecule has 2 unspecified atom stereocenters. The van der Waals surface area contributed by atoms with Crippen molar-refractivity contribution in [1.29, 1.82) is 5.26 Å². The molecule has 0 radical (unpaired) electrons. The molecule has 2 atom stereocenters. The van der Waals surface area contributed by atoms with E-state index < -0.39 is 6.10 Å². The average Bonchev–Trinajstić information content (AvgIpc) is 2.64. The van der Waals surface area contributed by atoms with Crippen LogP contribution >= 0.6 is 0 Å². The lowest BCUT2D eigenvalue weighted by atomic mass is 10.2. The topological polar surface area (TPSA) is 74.5 Å². The van der Waals surface area contributed by atoms with Crippen molar-refractivity contribution < 1.29 is 14.6 Å². The molecule has 25 heavy (non-hydrogen) atoms. The Morgan fingerprint density at radius 2 is 1.80 bits per heavy atom. The molecule has 0 aliphatic carbocycles. The summed E-state index contributed by atoms with van der Waals surface area (Å²) in [4.78, 5) is 0. The summed E-state index contributed by atoms with van der Waals surface area (Å²) in [5.74, 6) is 1.51. The van der Waals surface area contributed by atoms with Gasteiger partial charge in [-0.05, 0) is 49.7 Å². The minimum absolute atomic E-state index is 0.0729. The van der Waals surface area contributed by atoms with Crippen LogP contribution < -0.4 is 14.8 Å². The number of aliphatic hydroxyl groups is 1. The number of benzene rings is 2. The summed E-state index contributed by atoms with van der Waals surface area (Å²) in [5, 5.41) is 22.0. The predicted molar refractivity (Wildman–Crippen MR) is 96.8 cm³/mol. The maximum Gasteiger partial charge on any atom is 0.122 e. The standard InChI is InChI=1S/C20H24N2O3/c1-15-5-3-4-6-20(15)25-14-18(23)12-22-16(2)13-24-19-9-7-17(11-21)8-10-19/h3-10,16,18,22-23H,12-14H2,1-2H3. The second-order valence-corrected chi connectivity index (χ2v) is 5.99. The van der Waals surface area contributed by atoms with Gasteiger partial charge in [0.1, 0.15) is 30.8 Å². The van der Waals surface area contributed by atoms with E-state index in [1.54, 1.807) is 24.3 Å². The van der Waals surface area contributed by atoms with Crippen LogP contribution in [0.1, 0.15) is 18.1 Å². The Morgan fingerprint density at radius 1 is 1.08 bits per heavy atom. The van der Waals surface area contributed by atoms with Crippen molar-refractivity contribution in [2.24, 2.45) is 0 Å². The third kappa shape index (κ3) is 6.46.